The molecule has 0 unspecified atom stereocenters. The van der Waals surface area contributed by atoms with Crippen LogP contribution >= 0.6 is 0 Å². The molecule has 1 N–H and O–H groups in total. The highest BCUT2D eigenvalue weighted by molar-refractivity contribution is 7.94. The van der Waals surface area contributed by atoms with Crippen molar-refractivity contribution in [3.63, 3.8) is 0 Å². The lowest BCUT2D eigenvalue weighted by molar-refractivity contribution is -0.119. The Balaban J connectivity index is 1.83. The molecule has 0 aliphatic carbocycles. The zero-order chi connectivity index (χ0) is 20.7. The monoisotopic (exact) mass is 422 g/mol. The molecule has 1 fully saturated rings. The molecule has 1 amide bonds. The maximum atomic E-state index is 12.6. The van der Waals surface area contributed by atoms with Gasteiger partial charge in [0.05, 0.1) is 22.3 Å². The summed E-state index contributed by atoms with van der Waals surface area (Å²) in [7, 11) is -7.57. The summed E-state index contributed by atoms with van der Waals surface area (Å²) in [4.78, 5) is 12.1. The number of sulfonamides is 2. The van der Waals surface area contributed by atoms with Gasteiger partial charge in [0.2, 0.25) is 15.9 Å². The molecule has 1 atom stereocenters. The lowest BCUT2D eigenvalue weighted by atomic mass is 10.0. The molecule has 0 bridgehead atoms. The summed E-state index contributed by atoms with van der Waals surface area (Å²) in [6, 6.07) is 12.3. The molecule has 1 saturated heterocycles. The van der Waals surface area contributed by atoms with E-state index in [9.17, 15) is 21.6 Å². The highest BCUT2D eigenvalue weighted by atomic mass is 32.2. The minimum absolute atomic E-state index is 0.0266. The Kier molecular flexibility index (Phi) is 5.24. The molecule has 0 aromatic heterocycles. The Morgan fingerprint density at radius 3 is 2.07 bits per heavy atom. The van der Waals surface area contributed by atoms with Crippen molar-refractivity contribution in [2.75, 3.05) is 14.8 Å². The number of anilines is 2. The Bertz CT molecular complexity index is 1090. The summed E-state index contributed by atoms with van der Waals surface area (Å²) < 4.78 is 52.7. The number of hydrogen-bond acceptors (Lipinski definition) is 5. The summed E-state index contributed by atoms with van der Waals surface area (Å²) in [5.74, 6) is -1.05. The molecule has 1 heterocycles. The Morgan fingerprint density at radius 2 is 1.61 bits per heavy atom. The third kappa shape index (κ3) is 3.90. The third-order valence-corrected chi connectivity index (χ3v) is 7.84. The molecule has 150 valence electrons. The van der Waals surface area contributed by atoms with Gasteiger partial charge in [0.15, 0.2) is 0 Å². The first-order chi connectivity index (χ1) is 13.0. The first kappa shape index (κ1) is 20.3. The quantitative estimate of drug-likeness (QED) is 0.798. The van der Waals surface area contributed by atoms with Crippen LogP contribution in [-0.2, 0) is 24.8 Å². The number of amides is 1. The second-order valence-electron chi connectivity index (χ2n) is 7.16. The van der Waals surface area contributed by atoms with E-state index in [1.165, 1.54) is 24.3 Å². The minimum atomic E-state index is -3.84. The minimum Gasteiger partial charge on any atom is -0.280 e. The van der Waals surface area contributed by atoms with Gasteiger partial charge >= 0.3 is 0 Å². The van der Waals surface area contributed by atoms with Crippen LogP contribution < -0.4 is 9.03 Å². The SMILES string of the molecule is CC(C)c1ccc(NS(=O)(=O)c2ccc(N3C(=O)[C@@H](C)CS3(=O)=O)cc2)cc1. The van der Waals surface area contributed by atoms with Gasteiger partial charge in [-0.2, -0.15) is 0 Å². The smallest absolute Gasteiger partial charge is 0.261 e. The maximum absolute atomic E-state index is 12.6. The standard InChI is InChI=1S/C19H22N2O5S2/c1-13(2)15-4-6-16(7-5-15)20-28(25,26)18-10-8-17(9-11-18)21-19(22)14(3)12-27(21,23)24/h4-11,13-14,20H,12H2,1-3H3/t14-/m0/s1. The van der Waals surface area contributed by atoms with Gasteiger partial charge in [-0.15, -0.1) is 0 Å². The van der Waals surface area contributed by atoms with Gasteiger partial charge < -0.3 is 0 Å². The Morgan fingerprint density at radius 1 is 1.04 bits per heavy atom. The van der Waals surface area contributed by atoms with Crippen LogP contribution in [0.25, 0.3) is 0 Å². The number of rotatable bonds is 5. The van der Waals surface area contributed by atoms with Crippen molar-refractivity contribution in [2.45, 2.75) is 31.6 Å². The number of benzene rings is 2. The lowest BCUT2D eigenvalue weighted by Gasteiger charge is -2.16. The number of hydrogen-bond donors (Lipinski definition) is 1. The topological polar surface area (TPSA) is 101 Å². The third-order valence-electron chi connectivity index (χ3n) is 4.57. The molecule has 1 aliphatic heterocycles. The van der Waals surface area contributed by atoms with Crippen molar-refractivity contribution in [1.82, 2.24) is 0 Å². The Hall–Kier alpha value is -2.39. The van der Waals surface area contributed by atoms with E-state index in [2.05, 4.69) is 4.72 Å². The normalized spacial score (nSPS) is 19.2. The summed E-state index contributed by atoms with van der Waals surface area (Å²) >= 11 is 0. The van der Waals surface area contributed by atoms with Crippen molar-refractivity contribution in [2.24, 2.45) is 5.92 Å². The van der Waals surface area contributed by atoms with Gasteiger partial charge in [0.25, 0.3) is 10.0 Å². The molecule has 28 heavy (non-hydrogen) atoms. The molecule has 0 spiro atoms. The average molecular weight is 423 g/mol. The molecule has 0 saturated carbocycles. The fraction of sp³-hybridized carbons (Fsp3) is 0.316. The summed E-state index contributed by atoms with van der Waals surface area (Å²) in [6.07, 6.45) is 0. The van der Waals surface area contributed by atoms with Crippen molar-refractivity contribution in [1.29, 1.82) is 0 Å². The molecule has 2 aromatic carbocycles. The molecule has 0 radical (unpaired) electrons. The Labute approximate surface area is 165 Å². The van der Waals surface area contributed by atoms with Gasteiger partial charge in [0.1, 0.15) is 0 Å². The second kappa shape index (κ2) is 7.21. The van der Waals surface area contributed by atoms with Crippen LogP contribution in [0.2, 0.25) is 0 Å². The maximum Gasteiger partial charge on any atom is 0.261 e. The van der Waals surface area contributed by atoms with Crippen LogP contribution in [-0.4, -0.2) is 28.5 Å². The first-order valence-corrected chi connectivity index (χ1v) is 11.9. The summed E-state index contributed by atoms with van der Waals surface area (Å²) in [6.45, 7) is 5.65. The van der Waals surface area contributed by atoms with Gasteiger partial charge in [0, 0.05) is 5.69 Å². The fourth-order valence-corrected chi connectivity index (χ4v) is 5.88. The zero-order valence-electron chi connectivity index (χ0n) is 15.8. The van der Waals surface area contributed by atoms with Gasteiger partial charge in [-0.05, 0) is 47.9 Å². The van der Waals surface area contributed by atoms with Crippen LogP contribution in [0.4, 0.5) is 11.4 Å². The van der Waals surface area contributed by atoms with Crippen LogP contribution in [0.1, 0.15) is 32.3 Å². The zero-order valence-corrected chi connectivity index (χ0v) is 17.4. The molecule has 9 heteroatoms. The van der Waals surface area contributed by atoms with Crippen LogP contribution in [0.5, 0.6) is 0 Å². The van der Waals surface area contributed by atoms with Gasteiger partial charge in [-0.1, -0.05) is 32.9 Å². The average Bonchev–Trinajstić information content (AvgIpc) is 2.82. The van der Waals surface area contributed by atoms with E-state index >= 15 is 0 Å². The fourth-order valence-electron chi connectivity index (χ4n) is 3.00. The van der Waals surface area contributed by atoms with Crippen LogP contribution in [0.3, 0.4) is 0 Å². The van der Waals surface area contributed by atoms with E-state index in [-0.39, 0.29) is 16.3 Å². The molecule has 7 nitrogen and oxygen atoms in total. The van der Waals surface area contributed by atoms with Crippen LogP contribution in [0.15, 0.2) is 53.4 Å². The van der Waals surface area contributed by atoms with Crippen molar-refractivity contribution < 1.29 is 21.6 Å². The number of nitrogens with one attached hydrogen (secondary N) is 1. The van der Waals surface area contributed by atoms with Crippen LogP contribution in [0, 0.1) is 5.92 Å². The largest absolute Gasteiger partial charge is 0.280 e. The van der Waals surface area contributed by atoms with Crippen molar-refractivity contribution >= 4 is 37.3 Å². The first-order valence-electron chi connectivity index (χ1n) is 8.81. The van der Waals surface area contributed by atoms with E-state index < -0.39 is 31.9 Å². The van der Waals surface area contributed by atoms with E-state index in [0.717, 1.165) is 9.87 Å². The van der Waals surface area contributed by atoms with E-state index in [1.807, 2.05) is 26.0 Å². The van der Waals surface area contributed by atoms with E-state index in [4.69, 9.17) is 0 Å². The molecular formula is C19H22N2O5S2. The van der Waals surface area contributed by atoms with E-state index in [0.29, 0.717) is 11.6 Å². The number of carbonyl (C=O) groups is 1. The van der Waals surface area contributed by atoms with Crippen molar-refractivity contribution in [3.05, 3.63) is 54.1 Å². The molecule has 1 aliphatic rings. The number of nitrogens with zero attached hydrogens (tertiary/aromatic N) is 1. The number of carbonyl (C=O) groups excluding carboxylic acids is 1. The molecular weight excluding hydrogens is 400 g/mol. The predicted octanol–water partition coefficient (Wildman–Crippen LogP) is 2.92. The highest BCUT2D eigenvalue weighted by Crippen LogP contribution is 2.29. The molecule has 2 aromatic rings. The summed E-state index contributed by atoms with van der Waals surface area (Å²) in [5, 5.41) is 0. The van der Waals surface area contributed by atoms with Crippen molar-refractivity contribution in [3.8, 4) is 0 Å². The van der Waals surface area contributed by atoms with Gasteiger partial charge in [-0.3, -0.25) is 9.52 Å². The highest BCUT2D eigenvalue weighted by Gasteiger charge is 2.41. The van der Waals surface area contributed by atoms with E-state index in [1.54, 1.807) is 19.1 Å². The lowest BCUT2D eigenvalue weighted by Crippen LogP contribution is -2.30. The predicted molar refractivity (Wildman–Crippen MR) is 108 cm³/mol. The van der Waals surface area contributed by atoms with Gasteiger partial charge in [-0.25, -0.2) is 21.1 Å². The second-order valence-corrected chi connectivity index (χ2v) is 10.7. The summed E-state index contributed by atoms with van der Waals surface area (Å²) in [5.41, 5.74) is 1.66. The molecule has 3 rings (SSSR count).